The number of amides is 1. The second-order valence-corrected chi connectivity index (χ2v) is 8.12. The van der Waals surface area contributed by atoms with E-state index in [0.717, 1.165) is 43.3 Å². The van der Waals surface area contributed by atoms with Gasteiger partial charge in [0, 0.05) is 38.3 Å². The monoisotopic (exact) mass is 445 g/mol. The highest BCUT2D eigenvalue weighted by molar-refractivity contribution is 5.94. The number of anilines is 2. The molecule has 1 N–H and O–H groups in total. The molecule has 0 unspecified atom stereocenters. The number of hydrogen-bond donors (Lipinski definition) is 1. The molecule has 0 spiro atoms. The van der Waals surface area contributed by atoms with E-state index in [2.05, 4.69) is 39.5 Å². The van der Waals surface area contributed by atoms with E-state index < -0.39 is 0 Å². The van der Waals surface area contributed by atoms with Crippen molar-refractivity contribution < 1.29 is 9.53 Å². The summed E-state index contributed by atoms with van der Waals surface area (Å²) in [4.78, 5) is 16.9. The van der Waals surface area contributed by atoms with Gasteiger partial charge in [-0.05, 0) is 48.4 Å². The first-order chi connectivity index (χ1) is 16.2. The molecule has 0 saturated carbocycles. The number of aromatic nitrogens is 2. The molecule has 1 aliphatic rings. The van der Waals surface area contributed by atoms with E-state index in [-0.39, 0.29) is 5.91 Å². The average Bonchev–Trinajstić information content (AvgIpc) is 2.89. The molecule has 3 aromatic rings. The predicted octanol–water partition coefficient (Wildman–Crippen LogP) is 4.23. The van der Waals surface area contributed by atoms with E-state index in [4.69, 9.17) is 4.74 Å². The van der Waals surface area contributed by atoms with Gasteiger partial charge in [0.1, 0.15) is 11.6 Å². The number of piperazine rings is 1. The standard InChI is InChI=1S/C26H31N5O2/c1-2-3-19-33-23-11-9-22(10-12-23)26(32)31-17-15-30(16-18-31)25-14-13-24(28-29-25)27-20-21-7-5-4-6-8-21/h4-14H,2-3,15-20H2,1H3,(H,27,28). The highest BCUT2D eigenvalue weighted by Gasteiger charge is 2.23. The molecule has 1 saturated heterocycles. The van der Waals surface area contributed by atoms with E-state index in [1.165, 1.54) is 5.56 Å². The minimum Gasteiger partial charge on any atom is -0.494 e. The first-order valence-electron chi connectivity index (χ1n) is 11.6. The fraction of sp³-hybridized carbons (Fsp3) is 0.346. The summed E-state index contributed by atoms with van der Waals surface area (Å²) in [6.45, 7) is 6.33. The lowest BCUT2D eigenvalue weighted by Gasteiger charge is -2.35. The molecule has 2 aromatic carbocycles. The highest BCUT2D eigenvalue weighted by Crippen LogP contribution is 2.18. The molecule has 0 radical (unpaired) electrons. The summed E-state index contributed by atoms with van der Waals surface area (Å²) < 4.78 is 5.69. The summed E-state index contributed by atoms with van der Waals surface area (Å²) in [5, 5.41) is 12.0. The van der Waals surface area contributed by atoms with Crippen LogP contribution in [-0.2, 0) is 6.54 Å². The topological polar surface area (TPSA) is 70.6 Å². The fourth-order valence-corrected chi connectivity index (χ4v) is 3.73. The van der Waals surface area contributed by atoms with Gasteiger partial charge in [0.2, 0.25) is 0 Å². The van der Waals surface area contributed by atoms with Crippen LogP contribution in [0.5, 0.6) is 5.75 Å². The van der Waals surface area contributed by atoms with Gasteiger partial charge >= 0.3 is 0 Å². The van der Waals surface area contributed by atoms with Crippen LogP contribution in [0.15, 0.2) is 66.7 Å². The Bertz CT molecular complexity index is 1000. The van der Waals surface area contributed by atoms with Gasteiger partial charge in [-0.15, -0.1) is 10.2 Å². The molecule has 0 atom stereocenters. The number of nitrogens with one attached hydrogen (secondary N) is 1. The van der Waals surface area contributed by atoms with Gasteiger partial charge in [-0.1, -0.05) is 43.7 Å². The molecule has 1 aromatic heterocycles. The molecular weight excluding hydrogens is 414 g/mol. The number of ether oxygens (including phenoxy) is 1. The average molecular weight is 446 g/mol. The van der Waals surface area contributed by atoms with E-state index in [9.17, 15) is 4.79 Å². The van der Waals surface area contributed by atoms with Crippen molar-refractivity contribution in [1.29, 1.82) is 0 Å². The number of carbonyl (C=O) groups is 1. The van der Waals surface area contributed by atoms with Gasteiger partial charge in [-0.3, -0.25) is 4.79 Å². The molecule has 4 rings (SSSR count). The van der Waals surface area contributed by atoms with Crippen LogP contribution < -0.4 is 15.0 Å². The van der Waals surface area contributed by atoms with Crippen molar-refractivity contribution in [3.63, 3.8) is 0 Å². The maximum absolute atomic E-state index is 12.9. The summed E-state index contributed by atoms with van der Waals surface area (Å²) in [6, 6.07) is 21.6. The van der Waals surface area contributed by atoms with Crippen molar-refractivity contribution >= 4 is 17.5 Å². The Labute approximate surface area is 195 Å². The molecule has 0 aliphatic carbocycles. The molecule has 2 heterocycles. The minimum atomic E-state index is 0.0568. The summed E-state index contributed by atoms with van der Waals surface area (Å²) in [7, 11) is 0. The number of carbonyl (C=O) groups excluding carboxylic acids is 1. The van der Waals surface area contributed by atoms with Crippen molar-refractivity contribution in [3.8, 4) is 5.75 Å². The fourth-order valence-electron chi connectivity index (χ4n) is 3.73. The van der Waals surface area contributed by atoms with E-state index in [1.54, 1.807) is 0 Å². The Morgan fingerprint density at radius 3 is 2.36 bits per heavy atom. The SMILES string of the molecule is CCCCOc1ccc(C(=O)N2CCN(c3ccc(NCc4ccccc4)nn3)CC2)cc1. The number of benzene rings is 2. The zero-order valence-corrected chi connectivity index (χ0v) is 19.1. The Balaban J connectivity index is 1.25. The molecule has 7 heteroatoms. The van der Waals surface area contributed by atoms with E-state index in [0.29, 0.717) is 31.8 Å². The Morgan fingerprint density at radius 1 is 0.939 bits per heavy atom. The molecule has 0 bridgehead atoms. The van der Waals surface area contributed by atoms with Gasteiger partial charge in [0.15, 0.2) is 5.82 Å². The molecule has 1 aliphatic heterocycles. The van der Waals surface area contributed by atoms with Crippen LogP contribution in [0.2, 0.25) is 0 Å². The van der Waals surface area contributed by atoms with Crippen LogP contribution >= 0.6 is 0 Å². The van der Waals surface area contributed by atoms with Crippen LogP contribution in [0.25, 0.3) is 0 Å². The second-order valence-electron chi connectivity index (χ2n) is 8.12. The van der Waals surface area contributed by atoms with E-state index in [1.807, 2.05) is 59.5 Å². The zero-order chi connectivity index (χ0) is 22.9. The molecule has 33 heavy (non-hydrogen) atoms. The van der Waals surface area contributed by atoms with Crippen LogP contribution in [-0.4, -0.2) is 53.8 Å². The van der Waals surface area contributed by atoms with Crippen molar-refractivity contribution in [3.05, 3.63) is 77.9 Å². The van der Waals surface area contributed by atoms with Gasteiger partial charge in [0.05, 0.1) is 6.61 Å². The summed E-state index contributed by atoms with van der Waals surface area (Å²) in [6.07, 6.45) is 2.13. The third-order valence-corrected chi connectivity index (χ3v) is 5.73. The summed E-state index contributed by atoms with van der Waals surface area (Å²) >= 11 is 0. The molecule has 7 nitrogen and oxygen atoms in total. The summed E-state index contributed by atoms with van der Waals surface area (Å²) in [5.74, 6) is 2.45. The predicted molar refractivity (Wildman–Crippen MR) is 131 cm³/mol. The van der Waals surface area contributed by atoms with Crippen molar-refractivity contribution in [2.45, 2.75) is 26.3 Å². The quantitative estimate of drug-likeness (QED) is 0.497. The lowest BCUT2D eigenvalue weighted by molar-refractivity contribution is 0.0746. The maximum Gasteiger partial charge on any atom is 0.253 e. The van der Waals surface area contributed by atoms with Crippen molar-refractivity contribution in [2.24, 2.45) is 0 Å². The second kappa shape index (κ2) is 11.3. The first kappa shape index (κ1) is 22.6. The van der Waals surface area contributed by atoms with Gasteiger partial charge in [-0.25, -0.2) is 0 Å². The normalized spacial score (nSPS) is 13.6. The molecular formula is C26H31N5O2. The van der Waals surface area contributed by atoms with Gasteiger partial charge in [0.25, 0.3) is 5.91 Å². The number of rotatable bonds is 9. The van der Waals surface area contributed by atoms with Crippen molar-refractivity contribution in [2.75, 3.05) is 43.0 Å². The Morgan fingerprint density at radius 2 is 1.70 bits per heavy atom. The lowest BCUT2D eigenvalue weighted by Crippen LogP contribution is -2.49. The highest BCUT2D eigenvalue weighted by atomic mass is 16.5. The summed E-state index contributed by atoms with van der Waals surface area (Å²) in [5.41, 5.74) is 1.89. The van der Waals surface area contributed by atoms with Crippen LogP contribution in [0.1, 0.15) is 35.7 Å². The largest absolute Gasteiger partial charge is 0.494 e. The lowest BCUT2D eigenvalue weighted by atomic mass is 10.1. The number of nitrogens with zero attached hydrogens (tertiary/aromatic N) is 4. The van der Waals surface area contributed by atoms with E-state index >= 15 is 0 Å². The number of hydrogen-bond acceptors (Lipinski definition) is 6. The van der Waals surface area contributed by atoms with Crippen LogP contribution in [0.3, 0.4) is 0 Å². The van der Waals surface area contributed by atoms with Crippen LogP contribution in [0.4, 0.5) is 11.6 Å². The van der Waals surface area contributed by atoms with Crippen molar-refractivity contribution in [1.82, 2.24) is 15.1 Å². The first-order valence-corrected chi connectivity index (χ1v) is 11.6. The molecule has 1 amide bonds. The maximum atomic E-state index is 12.9. The third-order valence-electron chi connectivity index (χ3n) is 5.73. The Kier molecular flexibility index (Phi) is 7.74. The van der Waals surface area contributed by atoms with Gasteiger partial charge < -0.3 is 19.9 Å². The van der Waals surface area contributed by atoms with Gasteiger partial charge in [-0.2, -0.15) is 0 Å². The molecule has 1 fully saturated rings. The minimum absolute atomic E-state index is 0.0568. The third kappa shape index (κ3) is 6.22. The molecule has 172 valence electrons. The van der Waals surface area contributed by atoms with Crippen LogP contribution in [0, 0.1) is 0 Å². The smallest absolute Gasteiger partial charge is 0.253 e. The Hall–Kier alpha value is -3.61. The number of unbranched alkanes of at least 4 members (excludes halogenated alkanes) is 1. The zero-order valence-electron chi connectivity index (χ0n) is 19.1.